The summed E-state index contributed by atoms with van der Waals surface area (Å²) in [5.41, 5.74) is 0.992. The highest BCUT2D eigenvalue weighted by Crippen LogP contribution is 2.24. The van der Waals surface area contributed by atoms with Gasteiger partial charge in [0.25, 0.3) is 0 Å². The van der Waals surface area contributed by atoms with Gasteiger partial charge in [-0.3, -0.25) is 14.5 Å². The first-order valence-corrected chi connectivity index (χ1v) is 8.97. The molecule has 1 saturated heterocycles. The van der Waals surface area contributed by atoms with Gasteiger partial charge in [0.05, 0.1) is 10.7 Å². The van der Waals surface area contributed by atoms with Crippen molar-refractivity contribution in [2.24, 2.45) is 0 Å². The zero-order valence-electron chi connectivity index (χ0n) is 14.1. The molecule has 1 aromatic rings. The molecule has 2 amide bonds. The van der Waals surface area contributed by atoms with Crippen LogP contribution in [0.4, 0.5) is 0 Å². The normalized spacial score (nSPS) is 21.3. The van der Waals surface area contributed by atoms with Crippen molar-refractivity contribution in [1.29, 1.82) is 0 Å². The van der Waals surface area contributed by atoms with Gasteiger partial charge < -0.3 is 10.6 Å². The number of thiazole rings is 1. The Labute approximate surface area is 141 Å². The molecule has 6 nitrogen and oxygen atoms in total. The zero-order valence-corrected chi connectivity index (χ0v) is 14.9. The van der Waals surface area contributed by atoms with E-state index in [9.17, 15) is 9.59 Å². The lowest BCUT2D eigenvalue weighted by molar-refractivity contribution is -0.122. The van der Waals surface area contributed by atoms with Gasteiger partial charge in [0, 0.05) is 43.9 Å². The van der Waals surface area contributed by atoms with Crippen LogP contribution in [-0.2, 0) is 16.0 Å². The van der Waals surface area contributed by atoms with Crippen LogP contribution in [0.25, 0.3) is 0 Å². The number of carbonyl (C=O) groups is 2. The van der Waals surface area contributed by atoms with E-state index >= 15 is 0 Å². The van der Waals surface area contributed by atoms with Crippen molar-refractivity contribution in [1.82, 2.24) is 20.5 Å². The van der Waals surface area contributed by atoms with Crippen LogP contribution in [0.5, 0.6) is 0 Å². The number of amides is 2. The molecule has 0 radical (unpaired) electrons. The number of likely N-dealkylation sites (N-methyl/N-ethyl adjacent to an activating group) is 1. The Morgan fingerprint density at radius 2 is 2.09 bits per heavy atom. The Hall–Kier alpha value is -1.47. The second-order valence-corrected chi connectivity index (χ2v) is 7.15. The van der Waals surface area contributed by atoms with E-state index in [1.807, 2.05) is 19.4 Å². The summed E-state index contributed by atoms with van der Waals surface area (Å²) in [6.07, 6.45) is 3.71. The summed E-state index contributed by atoms with van der Waals surface area (Å²) >= 11 is 1.61. The molecule has 23 heavy (non-hydrogen) atoms. The predicted octanol–water partition coefficient (Wildman–Crippen LogP) is 1.10. The molecule has 7 heteroatoms. The zero-order chi connectivity index (χ0) is 16.8. The van der Waals surface area contributed by atoms with Gasteiger partial charge >= 0.3 is 0 Å². The van der Waals surface area contributed by atoms with E-state index in [-0.39, 0.29) is 17.9 Å². The molecule has 1 aliphatic rings. The molecule has 0 aliphatic carbocycles. The number of hydrogen-bond acceptors (Lipinski definition) is 5. The monoisotopic (exact) mass is 338 g/mol. The van der Waals surface area contributed by atoms with Crippen molar-refractivity contribution in [2.45, 2.75) is 51.1 Å². The molecular weight excluding hydrogens is 312 g/mol. The largest absolute Gasteiger partial charge is 0.359 e. The van der Waals surface area contributed by atoms with Crippen LogP contribution >= 0.6 is 11.3 Å². The molecular formula is C16H26N4O2S. The summed E-state index contributed by atoms with van der Waals surface area (Å²) in [6, 6.07) is 0.588. The molecule has 0 aromatic carbocycles. The average Bonchev–Trinajstić information content (AvgIpc) is 3.10. The van der Waals surface area contributed by atoms with Crippen molar-refractivity contribution in [2.75, 3.05) is 20.6 Å². The summed E-state index contributed by atoms with van der Waals surface area (Å²) in [4.78, 5) is 30.1. The third kappa shape index (κ3) is 5.28. The molecule has 2 rings (SSSR count). The molecule has 128 valence electrons. The Morgan fingerprint density at radius 3 is 2.74 bits per heavy atom. The number of hydrogen-bond donors (Lipinski definition) is 2. The second-order valence-electron chi connectivity index (χ2n) is 6.09. The van der Waals surface area contributed by atoms with E-state index in [0.717, 1.165) is 23.5 Å². The first-order chi connectivity index (χ1) is 11.0. The average molecular weight is 338 g/mol. The predicted molar refractivity (Wildman–Crippen MR) is 91.4 cm³/mol. The van der Waals surface area contributed by atoms with E-state index in [4.69, 9.17) is 0 Å². The van der Waals surface area contributed by atoms with E-state index in [2.05, 4.69) is 20.5 Å². The fourth-order valence-electron chi connectivity index (χ4n) is 2.98. The summed E-state index contributed by atoms with van der Waals surface area (Å²) in [5, 5.41) is 8.73. The van der Waals surface area contributed by atoms with Gasteiger partial charge in [-0.25, -0.2) is 4.98 Å². The fourth-order valence-corrected chi connectivity index (χ4v) is 3.63. The number of nitrogens with one attached hydrogen (secondary N) is 2. The third-order valence-electron chi connectivity index (χ3n) is 4.49. The molecule has 2 atom stereocenters. The number of carbonyl (C=O) groups excluding carboxylic acids is 2. The maximum atomic E-state index is 12.0. The smallest absolute Gasteiger partial charge is 0.221 e. The van der Waals surface area contributed by atoms with Crippen molar-refractivity contribution >= 4 is 23.2 Å². The van der Waals surface area contributed by atoms with Crippen LogP contribution in [-0.4, -0.2) is 54.4 Å². The van der Waals surface area contributed by atoms with E-state index in [1.54, 1.807) is 18.4 Å². The lowest BCUT2D eigenvalue weighted by Crippen LogP contribution is -2.42. The lowest BCUT2D eigenvalue weighted by atomic mass is 10.1. The quantitative estimate of drug-likeness (QED) is 0.781. The first-order valence-electron chi connectivity index (χ1n) is 8.09. The van der Waals surface area contributed by atoms with Gasteiger partial charge in [0.15, 0.2) is 0 Å². The lowest BCUT2D eigenvalue weighted by Gasteiger charge is -2.25. The number of rotatable bonds is 7. The second kappa shape index (κ2) is 8.40. The molecule has 1 aromatic heterocycles. The van der Waals surface area contributed by atoms with E-state index in [1.165, 1.54) is 0 Å². The fraction of sp³-hybridized carbons (Fsp3) is 0.688. The maximum Gasteiger partial charge on any atom is 0.221 e. The Balaban J connectivity index is 1.69. The third-order valence-corrected chi connectivity index (χ3v) is 5.32. The van der Waals surface area contributed by atoms with Crippen LogP contribution in [0.15, 0.2) is 5.38 Å². The van der Waals surface area contributed by atoms with Gasteiger partial charge in [-0.15, -0.1) is 11.3 Å². The van der Waals surface area contributed by atoms with Crippen LogP contribution < -0.4 is 10.6 Å². The van der Waals surface area contributed by atoms with Crippen molar-refractivity contribution in [3.63, 3.8) is 0 Å². The molecule has 1 aliphatic heterocycles. The summed E-state index contributed by atoms with van der Waals surface area (Å²) in [6.45, 7) is 2.62. The highest BCUT2D eigenvalue weighted by Gasteiger charge is 2.31. The molecule has 0 unspecified atom stereocenters. The topological polar surface area (TPSA) is 74.3 Å². The molecule has 2 N–H and O–H groups in total. The van der Waals surface area contributed by atoms with Crippen molar-refractivity contribution in [3.05, 3.63) is 16.1 Å². The number of aromatic nitrogens is 1. The Bertz CT molecular complexity index is 546. The summed E-state index contributed by atoms with van der Waals surface area (Å²) < 4.78 is 0. The Kier molecular flexibility index (Phi) is 6.53. The van der Waals surface area contributed by atoms with Crippen LogP contribution in [0.2, 0.25) is 0 Å². The van der Waals surface area contributed by atoms with Gasteiger partial charge in [-0.1, -0.05) is 0 Å². The summed E-state index contributed by atoms with van der Waals surface area (Å²) in [5.74, 6) is 0.142. The van der Waals surface area contributed by atoms with E-state index < -0.39 is 0 Å². The number of nitrogens with zero attached hydrogens (tertiary/aromatic N) is 2. The molecule has 2 heterocycles. The van der Waals surface area contributed by atoms with Crippen molar-refractivity contribution in [3.8, 4) is 0 Å². The first kappa shape index (κ1) is 17.9. The van der Waals surface area contributed by atoms with Crippen LogP contribution in [0.1, 0.15) is 36.4 Å². The standard InChI is InChI=1S/C16H26N4O2S/c1-11-19-12(10-23-11)4-7-15(21)18-9-14-6-5-13(20(14)3)8-16(22)17-2/h10,13-14H,4-9H2,1-3H3,(H,17,22)(H,18,21)/t13-,14+/m1/s1. The maximum absolute atomic E-state index is 12.0. The van der Waals surface area contributed by atoms with Gasteiger partial charge in [0.1, 0.15) is 0 Å². The van der Waals surface area contributed by atoms with Gasteiger partial charge in [0.2, 0.25) is 11.8 Å². The van der Waals surface area contributed by atoms with Gasteiger partial charge in [-0.05, 0) is 33.2 Å². The minimum atomic E-state index is 0.0683. The van der Waals surface area contributed by atoms with Crippen LogP contribution in [0, 0.1) is 6.92 Å². The minimum absolute atomic E-state index is 0.0683. The van der Waals surface area contributed by atoms with Crippen molar-refractivity contribution < 1.29 is 9.59 Å². The number of aryl methyl sites for hydroxylation is 2. The molecule has 0 spiro atoms. The summed E-state index contributed by atoms with van der Waals surface area (Å²) in [7, 11) is 3.70. The molecule has 1 fully saturated rings. The highest BCUT2D eigenvalue weighted by atomic mass is 32.1. The van der Waals surface area contributed by atoms with E-state index in [0.29, 0.717) is 31.8 Å². The molecule has 0 bridgehead atoms. The highest BCUT2D eigenvalue weighted by molar-refractivity contribution is 7.09. The Morgan fingerprint density at radius 1 is 1.35 bits per heavy atom. The van der Waals surface area contributed by atoms with Crippen LogP contribution in [0.3, 0.4) is 0 Å². The number of likely N-dealkylation sites (tertiary alicyclic amines) is 1. The minimum Gasteiger partial charge on any atom is -0.359 e. The van der Waals surface area contributed by atoms with Gasteiger partial charge in [-0.2, -0.15) is 0 Å². The molecule has 0 saturated carbocycles. The SMILES string of the molecule is CNC(=O)C[C@H]1CC[C@@H](CNC(=O)CCc2csc(C)n2)N1C.